The lowest BCUT2D eigenvalue weighted by Crippen LogP contribution is -2.28. The number of sulfonamides is 1. The van der Waals surface area contributed by atoms with E-state index in [-0.39, 0.29) is 12.2 Å². The zero-order valence-electron chi connectivity index (χ0n) is 8.58. The number of hydrogen-bond acceptors (Lipinski definition) is 4. The molecule has 1 N–H and O–H groups in total. The highest BCUT2D eigenvalue weighted by Gasteiger charge is 2.09. The van der Waals surface area contributed by atoms with Crippen LogP contribution in [0.2, 0.25) is 0 Å². The Kier molecular flexibility index (Phi) is 6.48. The number of nitrogens with one attached hydrogen (secondary N) is 1. The molecule has 0 heterocycles. The van der Waals surface area contributed by atoms with E-state index in [2.05, 4.69) is 4.84 Å². The van der Waals surface area contributed by atoms with E-state index in [9.17, 15) is 13.2 Å². The van der Waals surface area contributed by atoms with Crippen molar-refractivity contribution in [2.45, 2.75) is 39.5 Å². The van der Waals surface area contributed by atoms with E-state index in [1.165, 1.54) is 6.92 Å². The van der Waals surface area contributed by atoms with Crippen LogP contribution in [0.25, 0.3) is 0 Å². The van der Waals surface area contributed by atoms with Gasteiger partial charge in [-0.15, -0.1) is 0 Å². The molecule has 0 aliphatic carbocycles. The van der Waals surface area contributed by atoms with E-state index in [0.29, 0.717) is 0 Å². The third-order valence-electron chi connectivity index (χ3n) is 1.65. The third-order valence-corrected chi connectivity index (χ3v) is 2.74. The van der Waals surface area contributed by atoms with Gasteiger partial charge in [0.1, 0.15) is 0 Å². The van der Waals surface area contributed by atoms with Crippen molar-refractivity contribution in [2.75, 3.05) is 5.75 Å². The maximum absolute atomic E-state index is 10.9. The van der Waals surface area contributed by atoms with Crippen molar-refractivity contribution in [3.8, 4) is 0 Å². The first-order valence-electron chi connectivity index (χ1n) is 4.71. The van der Waals surface area contributed by atoms with Gasteiger partial charge < -0.3 is 4.84 Å². The highest BCUT2D eigenvalue weighted by molar-refractivity contribution is 7.89. The lowest BCUT2D eigenvalue weighted by Gasteiger charge is -2.04. The lowest BCUT2D eigenvalue weighted by molar-refractivity contribution is -0.147. The van der Waals surface area contributed by atoms with Gasteiger partial charge in [-0.05, 0) is 18.2 Å². The van der Waals surface area contributed by atoms with Crippen molar-refractivity contribution in [2.24, 2.45) is 0 Å². The molecule has 0 aromatic carbocycles. The van der Waals surface area contributed by atoms with Gasteiger partial charge in [0.2, 0.25) is 10.0 Å². The van der Waals surface area contributed by atoms with E-state index in [1.807, 2.05) is 6.92 Å². The fourth-order valence-corrected chi connectivity index (χ4v) is 1.08. The third kappa shape index (κ3) is 6.85. The molecule has 0 radical (unpaired) electrons. The molecule has 0 fully saturated rings. The Labute approximate surface area is 84.8 Å². The molecule has 0 atom stereocenters. The van der Waals surface area contributed by atoms with Gasteiger partial charge in [0.25, 0.3) is 0 Å². The topological polar surface area (TPSA) is 72.5 Å². The largest absolute Gasteiger partial charge is 0.356 e. The molecule has 6 heteroatoms. The molecule has 0 unspecified atom stereocenters. The van der Waals surface area contributed by atoms with Crippen LogP contribution in [0.3, 0.4) is 0 Å². The average Bonchev–Trinajstić information content (AvgIpc) is 2.16. The molecular weight excluding hydrogens is 206 g/mol. The molecule has 0 aromatic rings. The van der Waals surface area contributed by atoms with Crippen molar-refractivity contribution >= 4 is 16.0 Å². The summed E-state index contributed by atoms with van der Waals surface area (Å²) in [4.78, 5) is 17.1. The Balaban J connectivity index is 3.64. The van der Waals surface area contributed by atoms with E-state index < -0.39 is 16.0 Å². The summed E-state index contributed by atoms with van der Waals surface area (Å²) in [7, 11) is -3.44. The van der Waals surface area contributed by atoms with Crippen LogP contribution in [0.5, 0.6) is 0 Å². The van der Waals surface area contributed by atoms with Gasteiger partial charge >= 0.3 is 5.97 Å². The Morgan fingerprint density at radius 1 is 1.29 bits per heavy atom. The van der Waals surface area contributed by atoms with Gasteiger partial charge in [0.05, 0.1) is 5.75 Å². The minimum absolute atomic E-state index is 0.102. The van der Waals surface area contributed by atoms with Crippen molar-refractivity contribution < 1.29 is 18.0 Å². The van der Waals surface area contributed by atoms with Gasteiger partial charge in [-0.3, -0.25) is 4.79 Å². The van der Waals surface area contributed by atoms with Crippen LogP contribution in [-0.2, 0) is 19.7 Å². The number of rotatable bonds is 7. The SMILES string of the molecule is CCCCCC(=O)ONS(=O)(=O)CC. The van der Waals surface area contributed by atoms with E-state index in [1.54, 1.807) is 4.89 Å². The van der Waals surface area contributed by atoms with E-state index in [0.717, 1.165) is 19.3 Å². The predicted octanol–water partition coefficient (Wildman–Crippen LogP) is 0.964. The summed E-state index contributed by atoms with van der Waals surface area (Å²) in [6.45, 7) is 3.48. The standard InChI is InChI=1S/C8H17NO4S/c1-3-5-6-7-8(10)13-9-14(11,12)4-2/h9H,3-7H2,1-2H3. The van der Waals surface area contributed by atoms with Gasteiger partial charge in [-0.1, -0.05) is 19.8 Å². The summed E-state index contributed by atoms with van der Waals surface area (Å²) in [5, 5.41) is 0. The normalized spacial score (nSPS) is 11.3. The summed E-state index contributed by atoms with van der Waals surface area (Å²) in [6, 6.07) is 0. The zero-order valence-corrected chi connectivity index (χ0v) is 9.39. The molecular formula is C8H17NO4S. The molecule has 0 saturated carbocycles. The Bertz CT molecular complexity index is 261. The quantitative estimate of drug-likeness (QED) is 0.515. The number of unbranched alkanes of at least 4 members (excludes halogenated alkanes) is 2. The molecule has 0 saturated heterocycles. The van der Waals surface area contributed by atoms with Gasteiger partial charge in [0, 0.05) is 6.42 Å². The highest BCUT2D eigenvalue weighted by Crippen LogP contribution is 1.99. The second kappa shape index (κ2) is 6.78. The Hall–Kier alpha value is -0.620. The molecule has 0 amide bonds. The first-order valence-corrected chi connectivity index (χ1v) is 6.36. The average molecular weight is 223 g/mol. The van der Waals surface area contributed by atoms with Gasteiger partial charge in [0.15, 0.2) is 0 Å². The van der Waals surface area contributed by atoms with Gasteiger partial charge in [-0.25, -0.2) is 8.42 Å². The van der Waals surface area contributed by atoms with Crippen LogP contribution in [-0.4, -0.2) is 20.1 Å². The van der Waals surface area contributed by atoms with Crippen LogP contribution in [0, 0.1) is 0 Å². The zero-order chi connectivity index (χ0) is 11.0. The van der Waals surface area contributed by atoms with Crippen molar-refractivity contribution in [3.63, 3.8) is 0 Å². The van der Waals surface area contributed by atoms with Crippen molar-refractivity contribution in [1.82, 2.24) is 4.89 Å². The summed E-state index contributed by atoms with van der Waals surface area (Å²) in [5.74, 6) is -0.634. The van der Waals surface area contributed by atoms with Crippen LogP contribution >= 0.6 is 0 Å². The fraction of sp³-hybridized carbons (Fsp3) is 0.875. The van der Waals surface area contributed by atoms with Gasteiger partial charge in [-0.2, -0.15) is 0 Å². The lowest BCUT2D eigenvalue weighted by atomic mass is 10.2. The highest BCUT2D eigenvalue weighted by atomic mass is 32.2. The first kappa shape index (κ1) is 13.4. The van der Waals surface area contributed by atoms with Crippen LogP contribution < -0.4 is 4.89 Å². The Morgan fingerprint density at radius 2 is 1.93 bits per heavy atom. The molecule has 0 aliphatic heterocycles. The smallest absolute Gasteiger partial charge is 0.326 e. The maximum atomic E-state index is 10.9. The van der Waals surface area contributed by atoms with Crippen LogP contribution in [0.4, 0.5) is 0 Å². The van der Waals surface area contributed by atoms with Crippen molar-refractivity contribution in [3.05, 3.63) is 0 Å². The second-order valence-corrected chi connectivity index (χ2v) is 4.89. The Morgan fingerprint density at radius 3 is 2.43 bits per heavy atom. The second-order valence-electron chi connectivity index (χ2n) is 2.92. The fourth-order valence-electron chi connectivity index (χ4n) is 0.739. The monoisotopic (exact) mass is 223 g/mol. The molecule has 0 rings (SSSR count). The molecule has 14 heavy (non-hydrogen) atoms. The minimum Gasteiger partial charge on any atom is -0.356 e. The first-order chi connectivity index (χ1) is 6.52. The summed E-state index contributed by atoms with van der Waals surface area (Å²) < 4.78 is 21.7. The van der Waals surface area contributed by atoms with Crippen molar-refractivity contribution in [1.29, 1.82) is 0 Å². The van der Waals surface area contributed by atoms with Crippen LogP contribution in [0.1, 0.15) is 39.5 Å². The number of hydrogen-bond donors (Lipinski definition) is 1. The summed E-state index contributed by atoms with van der Waals surface area (Å²) in [6.07, 6.45) is 2.92. The number of carbonyl (C=O) groups excluding carboxylic acids is 1. The molecule has 5 nitrogen and oxygen atoms in total. The molecule has 0 aliphatic rings. The molecule has 0 spiro atoms. The maximum Gasteiger partial charge on any atom is 0.326 e. The van der Waals surface area contributed by atoms with E-state index in [4.69, 9.17) is 0 Å². The van der Waals surface area contributed by atoms with Crippen LogP contribution in [0.15, 0.2) is 0 Å². The summed E-state index contributed by atoms with van der Waals surface area (Å²) >= 11 is 0. The number of carbonyl (C=O) groups is 1. The molecule has 0 bridgehead atoms. The van der Waals surface area contributed by atoms with E-state index >= 15 is 0 Å². The molecule has 84 valence electrons. The minimum atomic E-state index is -3.44. The predicted molar refractivity (Wildman–Crippen MR) is 52.8 cm³/mol. The molecule has 0 aromatic heterocycles. The summed E-state index contributed by atoms with van der Waals surface area (Å²) in [5.41, 5.74) is 0.